The van der Waals surface area contributed by atoms with Gasteiger partial charge in [-0.05, 0) is 50.1 Å². The second-order valence-corrected chi connectivity index (χ2v) is 7.56. The van der Waals surface area contributed by atoms with Crippen LogP contribution in [-0.4, -0.2) is 28.1 Å². The summed E-state index contributed by atoms with van der Waals surface area (Å²) in [5.74, 6) is -0.381. The van der Waals surface area contributed by atoms with E-state index in [1.807, 2.05) is 29.8 Å². The summed E-state index contributed by atoms with van der Waals surface area (Å²) in [6, 6.07) is 21.2. The van der Waals surface area contributed by atoms with Gasteiger partial charge in [0.2, 0.25) is 0 Å². The summed E-state index contributed by atoms with van der Waals surface area (Å²) >= 11 is 0. The summed E-state index contributed by atoms with van der Waals surface area (Å²) in [7, 11) is 0. The molecule has 0 N–H and O–H groups in total. The number of carbonyl (C=O) groups is 2. The minimum absolute atomic E-state index is 0.0425. The number of hydrogen-bond donors (Lipinski definition) is 0. The van der Waals surface area contributed by atoms with Gasteiger partial charge >= 0.3 is 5.97 Å². The SMILES string of the molecule is CC(=O)C1COC(=O)C1.CCCc1cccc(-c2cc(C)nn2-c2ccccc2)c1. The summed E-state index contributed by atoms with van der Waals surface area (Å²) < 4.78 is 6.60. The zero-order valence-corrected chi connectivity index (χ0v) is 17.8. The van der Waals surface area contributed by atoms with E-state index in [1.165, 1.54) is 24.5 Å². The highest BCUT2D eigenvalue weighted by Crippen LogP contribution is 2.25. The maximum absolute atomic E-state index is 10.6. The quantitative estimate of drug-likeness (QED) is 0.565. The predicted octanol–water partition coefficient (Wildman–Crippen LogP) is 4.94. The Balaban J connectivity index is 0.000000239. The van der Waals surface area contributed by atoms with Crippen LogP contribution in [0.25, 0.3) is 16.9 Å². The summed E-state index contributed by atoms with van der Waals surface area (Å²) in [5, 5.41) is 4.65. The second-order valence-electron chi connectivity index (χ2n) is 7.56. The molecular formula is C25H28N2O3. The molecule has 156 valence electrons. The largest absolute Gasteiger partial charge is 0.465 e. The fourth-order valence-corrected chi connectivity index (χ4v) is 3.42. The van der Waals surface area contributed by atoms with Crippen LogP contribution in [0.15, 0.2) is 60.7 Å². The van der Waals surface area contributed by atoms with E-state index in [9.17, 15) is 9.59 Å². The maximum Gasteiger partial charge on any atom is 0.306 e. The van der Waals surface area contributed by atoms with Gasteiger partial charge in [-0.25, -0.2) is 4.68 Å². The third-order valence-corrected chi connectivity index (χ3v) is 5.03. The lowest BCUT2D eigenvalue weighted by Crippen LogP contribution is -2.09. The van der Waals surface area contributed by atoms with Crippen LogP contribution in [0.4, 0.5) is 0 Å². The van der Waals surface area contributed by atoms with Crippen LogP contribution in [0.1, 0.15) is 37.9 Å². The molecular weight excluding hydrogens is 376 g/mol. The lowest BCUT2D eigenvalue weighted by Gasteiger charge is -2.09. The Kier molecular flexibility index (Phi) is 7.17. The number of hydrogen-bond acceptors (Lipinski definition) is 4. The van der Waals surface area contributed by atoms with Gasteiger partial charge in [0, 0.05) is 5.56 Å². The van der Waals surface area contributed by atoms with Crippen LogP contribution < -0.4 is 0 Å². The van der Waals surface area contributed by atoms with Gasteiger partial charge in [-0.2, -0.15) is 5.10 Å². The molecule has 1 aromatic heterocycles. The lowest BCUT2D eigenvalue weighted by atomic mass is 10.0. The summed E-state index contributed by atoms with van der Waals surface area (Å²) in [6.07, 6.45) is 2.56. The van der Waals surface area contributed by atoms with Crippen LogP contribution in [0, 0.1) is 12.8 Å². The van der Waals surface area contributed by atoms with Gasteiger partial charge in [0.15, 0.2) is 0 Å². The van der Waals surface area contributed by atoms with Gasteiger partial charge in [0.05, 0.1) is 29.4 Å². The van der Waals surface area contributed by atoms with Crippen LogP contribution in [0.3, 0.4) is 0 Å². The number of esters is 1. The topological polar surface area (TPSA) is 61.2 Å². The molecule has 0 saturated carbocycles. The highest BCUT2D eigenvalue weighted by molar-refractivity contribution is 5.85. The Bertz CT molecular complexity index is 1010. The van der Waals surface area contributed by atoms with Crippen molar-refractivity contribution in [3.8, 4) is 16.9 Å². The van der Waals surface area contributed by atoms with Crippen LogP contribution >= 0.6 is 0 Å². The number of cyclic esters (lactones) is 1. The van der Waals surface area contributed by atoms with Crippen molar-refractivity contribution >= 4 is 11.8 Å². The number of ether oxygens (including phenoxy) is 1. The number of aromatic nitrogens is 2. The first-order valence-corrected chi connectivity index (χ1v) is 10.4. The van der Waals surface area contributed by atoms with Gasteiger partial charge in [-0.1, -0.05) is 49.7 Å². The molecule has 0 aliphatic carbocycles. The molecule has 0 bridgehead atoms. The molecule has 3 aromatic rings. The van der Waals surface area contributed by atoms with Crippen LogP contribution in [0.5, 0.6) is 0 Å². The molecule has 2 heterocycles. The highest BCUT2D eigenvalue weighted by atomic mass is 16.5. The average Bonchev–Trinajstić information content (AvgIpc) is 3.36. The molecule has 2 aromatic carbocycles. The third kappa shape index (κ3) is 5.44. The third-order valence-electron chi connectivity index (χ3n) is 5.03. The van der Waals surface area contributed by atoms with E-state index in [0.29, 0.717) is 0 Å². The highest BCUT2D eigenvalue weighted by Gasteiger charge is 2.26. The predicted molar refractivity (Wildman–Crippen MR) is 117 cm³/mol. The normalized spacial score (nSPS) is 15.3. The Morgan fingerprint density at radius 2 is 1.90 bits per heavy atom. The van der Waals surface area contributed by atoms with Crippen molar-refractivity contribution < 1.29 is 14.3 Å². The summed E-state index contributed by atoms with van der Waals surface area (Å²) in [6.45, 7) is 6.02. The Hall–Kier alpha value is -3.21. The number of Topliss-reactive ketones (excluding diaryl/α,β-unsaturated/α-hetero) is 1. The monoisotopic (exact) mass is 404 g/mol. The molecule has 1 fully saturated rings. The summed E-state index contributed by atoms with van der Waals surface area (Å²) in [5.41, 5.74) is 5.90. The minimum atomic E-state index is -0.254. The number of carbonyl (C=O) groups excluding carboxylic acids is 2. The second kappa shape index (κ2) is 10.0. The fourth-order valence-electron chi connectivity index (χ4n) is 3.42. The molecule has 1 atom stereocenters. The van der Waals surface area contributed by atoms with Crippen molar-refractivity contribution in [1.82, 2.24) is 9.78 Å². The molecule has 0 spiro atoms. The molecule has 5 nitrogen and oxygen atoms in total. The van der Waals surface area contributed by atoms with Gasteiger partial charge < -0.3 is 4.74 Å². The summed E-state index contributed by atoms with van der Waals surface area (Å²) in [4.78, 5) is 20.9. The number of ketones is 1. The first-order chi connectivity index (χ1) is 14.5. The standard InChI is InChI=1S/C19H20N2.C6H8O3/c1-3-8-16-9-7-10-17(14-16)19-13-15(2)20-21(19)18-11-5-4-6-12-18;1-4(7)5-2-6(8)9-3-5/h4-7,9-14H,3,8H2,1-2H3;5H,2-3H2,1H3. The van der Waals surface area contributed by atoms with Gasteiger partial charge in [0.25, 0.3) is 0 Å². The van der Waals surface area contributed by atoms with Crippen molar-refractivity contribution in [3.63, 3.8) is 0 Å². The first-order valence-electron chi connectivity index (χ1n) is 10.4. The molecule has 4 rings (SSSR count). The molecule has 1 aliphatic heterocycles. The molecule has 30 heavy (non-hydrogen) atoms. The average molecular weight is 405 g/mol. The minimum Gasteiger partial charge on any atom is -0.465 e. The fraction of sp³-hybridized carbons (Fsp3) is 0.320. The van der Waals surface area contributed by atoms with Crippen molar-refractivity contribution in [3.05, 3.63) is 71.9 Å². The van der Waals surface area contributed by atoms with Gasteiger partial charge in [-0.3, -0.25) is 9.59 Å². The van der Waals surface area contributed by atoms with E-state index in [2.05, 4.69) is 59.2 Å². The number of rotatable bonds is 5. The molecule has 0 radical (unpaired) electrons. The van der Waals surface area contributed by atoms with E-state index in [1.54, 1.807) is 0 Å². The Morgan fingerprint density at radius 3 is 2.50 bits per heavy atom. The number of para-hydroxylation sites is 1. The maximum atomic E-state index is 10.6. The molecule has 5 heteroatoms. The lowest BCUT2D eigenvalue weighted by molar-refractivity contribution is -0.137. The smallest absolute Gasteiger partial charge is 0.306 e. The van der Waals surface area contributed by atoms with Crippen molar-refractivity contribution in [2.24, 2.45) is 5.92 Å². The first kappa shape index (κ1) is 21.5. The Morgan fingerprint density at radius 1 is 1.13 bits per heavy atom. The Labute approximate surface area is 177 Å². The van der Waals surface area contributed by atoms with Crippen LogP contribution in [-0.2, 0) is 20.7 Å². The number of nitrogens with zero attached hydrogens (tertiary/aromatic N) is 2. The van der Waals surface area contributed by atoms with Crippen LogP contribution in [0.2, 0.25) is 0 Å². The number of benzene rings is 2. The molecule has 1 unspecified atom stereocenters. The van der Waals surface area contributed by atoms with Crippen molar-refractivity contribution in [1.29, 1.82) is 0 Å². The molecule has 1 aliphatic rings. The van der Waals surface area contributed by atoms with E-state index >= 15 is 0 Å². The zero-order chi connectivity index (χ0) is 21.5. The van der Waals surface area contributed by atoms with Gasteiger partial charge in [-0.15, -0.1) is 0 Å². The number of aryl methyl sites for hydroxylation is 2. The molecule has 1 saturated heterocycles. The van der Waals surface area contributed by atoms with E-state index in [-0.39, 0.29) is 30.7 Å². The van der Waals surface area contributed by atoms with E-state index in [0.717, 1.165) is 23.5 Å². The van der Waals surface area contributed by atoms with E-state index in [4.69, 9.17) is 0 Å². The van der Waals surface area contributed by atoms with Crippen molar-refractivity contribution in [2.45, 2.75) is 40.0 Å². The van der Waals surface area contributed by atoms with Crippen molar-refractivity contribution in [2.75, 3.05) is 6.61 Å². The zero-order valence-electron chi connectivity index (χ0n) is 17.8. The molecule has 0 amide bonds. The van der Waals surface area contributed by atoms with Gasteiger partial charge in [0.1, 0.15) is 12.4 Å². The van der Waals surface area contributed by atoms with E-state index < -0.39 is 0 Å².